The quantitative estimate of drug-likeness (QED) is 0.676. The fourth-order valence-electron chi connectivity index (χ4n) is 3.61. The molecular weight excluding hydrogens is 236 g/mol. The van der Waals surface area contributed by atoms with Crippen molar-refractivity contribution in [1.29, 1.82) is 0 Å². The summed E-state index contributed by atoms with van der Waals surface area (Å²) in [6.45, 7) is 10.1. The van der Waals surface area contributed by atoms with E-state index in [-0.39, 0.29) is 6.61 Å². The SMILES string of the molecule is CCNC1CCCCC1CN(CCO)C(CC)CC. The Balaban J connectivity index is 2.58. The molecule has 0 aromatic carbocycles. The minimum atomic E-state index is 0.287. The van der Waals surface area contributed by atoms with E-state index in [0.29, 0.717) is 12.1 Å². The van der Waals surface area contributed by atoms with Gasteiger partial charge >= 0.3 is 0 Å². The zero-order valence-electron chi connectivity index (χ0n) is 13.2. The molecule has 0 radical (unpaired) electrons. The van der Waals surface area contributed by atoms with Crippen LogP contribution in [0.1, 0.15) is 59.3 Å². The molecule has 2 unspecified atom stereocenters. The minimum Gasteiger partial charge on any atom is -0.395 e. The van der Waals surface area contributed by atoms with Crippen molar-refractivity contribution in [1.82, 2.24) is 10.2 Å². The Bertz CT molecular complexity index is 217. The van der Waals surface area contributed by atoms with Gasteiger partial charge in [0.15, 0.2) is 0 Å². The number of aliphatic hydroxyl groups is 1. The summed E-state index contributed by atoms with van der Waals surface area (Å²) in [5.74, 6) is 0.765. The first-order valence-electron chi connectivity index (χ1n) is 8.35. The Morgan fingerprint density at radius 3 is 2.42 bits per heavy atom. The summed E-state index contributed by atoms with van der Waals surface area (Å²) in [7, 11) is 0. The molecule has 114 valence electrons. The van der Waals surface area contributed by atoms with E-state index in [9.17, 15) is 5.11 Å². The maximum Gasteiger partial charge on any atom is 0.0558 e. The van der Waals surface area contributed by atoms with E-state index in [1.807, 2.05) is 0 Å². The van der Waals surface area contributed by atoms with Crippen molar-refractivity contribution >= 4 is 0 Å². The zero-order chi connectivity index (χ0) is 14.1. The van der Waals surface area contributed by atoms with Crippen LogP contribution < -0.4 is 5.32 Å². The van der Waals surface area contributed by atoms with Gasteiger partial charge in [-0.1, -0.05) is 33.6 Å². The molecule has 0 amide bonds. The minimum absolute atomic E-state index is 0.287. The molecule has 2 N–H and O–H groups in total. The summed E-state index contributed by atoms with van der Waals surface area (Å²) in [6.07, 6.45) is 7.81. The average molecular weight is 270 g/mol. The molecule has 1 aliphatic carbocycles. The predicted molar refractivity (Wildman–Crippen MR) is 82.5 cm³/mol. The van der Waals surface area contributed by atoms with Gasteiger partial charge in [-0.3, -0.25) is 4.90 Å². The Morgan fingerprint density at radius 1 is 1.16 bits per heavy atom. The molecule has 1 saturated carbocycles. The van der Waals surface area contributed by atoms with Gasteiger partial charge in [0.25, 0.3) is 0 Å². The largest absolute Gasteiger partial charge is 0.395 e. The highest BCUT2D eigenvalue weighted by molar-refractivity contribution is 4.84. The number of hydrogen-bond donors (Lipinski definition) is 2. The van der Waals surface area contributed by atoms with E-state index in [2.05, 4.69) is 31.0 Å². The van der Waals surface area contributed by atoms with Gasteiger partial charge in [0, 0.05) is 25.2 Å². The molecule has 0 aliphatic heterocycles. The summed E-state index contributed by atoms with van der Waals surface area (Å²) in [5.41, 5.74) is 0. The van der Waals surface area contributed by atoms with Crippen molar-refractivity contribution < 1.29 is 5.11 Å². The van der Waals surface area contributed by atoms with Crippen LogP contribution in [0.2, 0.25) is 0 Å². The standard InChI is InChI=1S/C16H34N2O/c1-4-15(5-2)18(11-12-19)13-14-9-7-8-10-16(14)17-6-3/h14-17,19H,4-13H2,1-3H3. The van der Waals surface area contributed by atoms with E-state index in [4.69, 9.17) is 0 Å². The first-order valence-corrected chi connectivity index (χ1v) is 8.35. The van der Waals surface area contributed by atoms with E-state index < -0.39 is 0 Å². The van der Waals surface area contributed by atoms with Gasteiger partial charge in [-0.15, -0.1) is 0 Å². The lowest BCUT2D eigenvalue weighted by atomic mass is 9.83. The average Bonchev–Trinajstić information content (AvgIpc) is 2.43. The predicted octanol–water partition coefficient (Wildman–Crippen LogP) is 2.64. The second-order valence-corrected chi connectivity index (χ2v) is 5.90. The molecule has 3 nitrogen and oxygen atoms in total. The summed E-state index contributed by atoms with van der Waals surface area (Å²) in [4.78, 5) is 2.53. The number of hydrogen-bond acceptors (Lipinski definition) is 3. The molecule has 0 aromatic rings. The van der Waals surface area contributed by atoms with Crippen LogP contribution in [0.4, 0.5) is 0 Å². The molecule has 0 saturated heterocycles. The van der Waals surface area contributed by atoms with Crippen LogP contribution in [-0.2, 0) is 0 Å². The smallest absolute Gasteiger partial charge is 0.0558 e. The Morgan fingerprint density at radius 2 is 1.84 bits per heavy atom. The molecule has 3 heteroatoms. The molecule has 19 heavy (non-hydrogen) atoms. The van der Waals surface area contributed by atoms with Crippen LogP contribution in [-0.4, -0.2) is 48.3 Å². The van der Waals surface area contributed by atoms with Gasteiger partial charge in [0.05, 0.1) is 6.61 Å². The third-order valence-corrected chi connectivity index (χ3v) is 4.69. The summed E-state index contributed by atoms with van der Waals surface area (Å²) < 4.78 is 0. The van der Waals surface area contributed by atoms with Crippen molar-refractivity contribution in [2.75, 3.05) is 26.2 Å². The highest BCUT2D eigenvalue weighted by atomic mass is 16.3. The van der Waals surface area contributed by atoms with Gasteiger partial charge in [-0.2, -0.15) is 0 Å². The van der Waals surface area contributed by atoms with Gasteiger partial charge in [-0.25, -0.2) is 0 Å². The number of nitrogens with one attached hydrogen (secondary N) is 1. The number of rotatable bonds is 9. The van der Waals surface area contributed by atoms with E-state index >= 15 is 0 Å². The third-order valence-electron chi connectivity index (χ3n) is 4.69. The molecule has 0 aromatic heterocycles. The molecule has 1 rings (SSSR count). The van der Waals surface area contributed by atoms with Crippen LogP contribution in [0.15, 0.2) is 0 Å². The number of nitrogens with zero attached hydrogens (tertiary/aromatic N) is 1. The van der Waals surface area contributed by atoms with Gasteiger partial charge in [0.1, 0.15) is 0 Å². The molecule has 1 aliphatic rings. The van der Waals surface area contributed by atoms with Crippen molar-refractivity contribution in [3.05, 3.63) is 0 Å². The molecule has 1 fully saturated rings. The molecule has 2 atom stereocenters. The second-order valence-electron chi connectivity index (χ2n) is 5.90. The molecule has 0 heterocycles. The van der Waals surface area contributed by atoms with Crippen molar-refractivity contribution in [3.8, 4) is 0 Å². The van der Waals surface area contributed by atoms with Gasteiger partial charge < -0.3 is 10.4 Å². The number of aliphatic hydroxyl groups excluding tert-OH is 1. The first-order chi connectivity index (χ1) is 9.26. The van der Waals surface area contributed by atoms with Gasteiger partial charge in [-0.05, 0) is 38.1 Å². The fraction of sp³-hybridized carbons (Fsp3) is 1.00. The fourth-order valence-corrected chi connectivity index (χ4v) is 3.61. The maximum atomic E-state index is 9.32. The topological polar surface area (TPSA) is 35.5 Å². The van der Waals surface area contributed by atoms with Crippen LogP contribution >= 0.6 is 0 Å². The lowest BCUT2D eigenvalue weighted by Crippen LogP contribution is -2.47. The maximum absolute atomic E-state index is 9.32. The monoisotopic (exact) mass is 270 g/mol. The first kappa shape index (κ1) is 16.9. The molecule has 0 spiro atoms. The second kappa shape index (κ2) is 9.73. The van der Waals surface area contributed by atoms with Crippen molar-refractivity contribution in [2.45, 2.75) is 71.4 Å². The zero-order valence-corrected chi connectivity index (χ0v) is 13.2. The van der Waals surface area contributed by atoms with Crippen LogP contribution in [0.25, 0.3) is 0 Å². The van der Waals surface area contributed by atoms with Crippen molar-refractivity contribution in [3.63, 3.8) is 0 Å². The molecule has 0 bridgehead atoms. The Hall–Kier alpha value is -0.120. The van der Waals surface area contributed by atoms with Crippen molar-refractivity contribution in [2.24, 2.45) is 5.92 Å². The Labute approximate surface area is 119 Å². The summed E-state index contributed by atoms with van der Waals surface area (Å²) >= 11 is 0. The van der Waals surface area contributed by atoms with E-state index in [1.165, 1.54) is 38.5 Å². The lowest BCUT2D eigenvalue weighted by molar-refractivity contribution is 0.101. The Kier molecular flexibility index (Phi) is 8.67. The summed E-state index contributed by atoms with van der Waals surface area (Å²) in [6, 6.07) is 1.32. The highest BCUT2D eigenvalue weighted by Crippen LogP contribution is 2.26. The van der Waals surface area contributed by atoms with Crippen LogP contribution in [0.5, 0.6) is 0 Å². The molecular formula is C16H34N2O. The van der Waals surface area contributed by atoms with E-state index in [0.717, 1.165) is 25.6 Å². The normalized spacial score (nSPS) is 24.3. The van der Waals surface area contributed by atoms with E-state index in [1.54, 1.807) is 0 Å². The third kappa shape index (κ3) is 5.41. The summed E-state index contributed by atoms with van der Waals surface area (Å²) in [5, 5.41) is 13.0. The van der Waals surface area contributed by atoms with Gasteiger partial charge in [0.2, 0.25) is 0 Å². The van der Waals surface area contributed by atoms with Crippen LogP contribution in [0, 0.1) is 5.92 Å². The highest BCUT2D eigenvalue weighted by Gasteiger charge is 2.27. The lowest BCUT2D eigenvalue weighted by Gasteiger charge is -2.38. The van der Waals surface area contributed by atoms with Crippen LogP contribution in [0.3, 0.4) is 0 Å².